The van der Waals surface area contributed by atoms with E-state index < -0.39 is 23.8 Å². The van der Waals surface area contributed by atoms with Crippen molar-refractivity contribution in [3.05, 3.63) is 0 Å². The van der Waals surface area contributed by atoms with Crippen molar-refractivity contribution < 1.29 is 24.2 Å². The smallest absolute Gasteiger partial charge is 0.326 e. The molecule has 5 N–H and O–H groups in total. The van der Waals surface area contributed by atoms with Crippen molar-refractivity contribution in [2.75, 3.05) is 19.7 Å². The fraction of sp³-hybridized carbons (Fsp3) is 0.769. The molecule has 21 heavy (non-hydrogen) atoms. The highest BCUT2D eigenvalue weighted by atomic mass is 16.5. The average molecular weight is 301 g/mol. The summed E-state index contributed by atoms with van der Waals surface area (Å²) in [4.78, 5) is 33.3. The summed E-state index contributed by atoms with van der Waals surface area (Å²) in [6.45, 7) is 2.08. The van der Waals surface area contributed by atoms with Crippen molar-refractivity contribution >= 4 is 17.8 Å². The van der Waals surface area contributed by atoms with Crippen molar-refractivity contribution in [1.82, 2.24) is 10.6 Å². The predicted octanol–water partition coefficient (Wildman–Crippen LogP) is -1.02. The van der Waals surface area contributed by atoms with Gasteiger partial charge in [0.25, 0.3) is 0 Å². The Morgan fingerprint density at radius 2 is 1.95 bits per heavy atom. The van der Waals surface area contributed by atoms with Crippen LogP contribution in [-0.4, -0.2) is 54.7 Å². The van der Waals surface area contributed by atoms with Gasteiger partial charge in [0, 0.05) is 12.8 Å². The Labute approximate surface area is 123 Å². The lowest BCUT2D eigenvalue weighted by atomic mass is 10.1. The summed E-state index contributed by atoms with van der Waals surface area (Å²) >= 11 is 0. The number of hydrogen-bond acceptors (Lipinski definition) is 5. The van der Waals surface area contributed by atoms with Crippen molar-refractivity contribution in [1.29, 1.82) is 0 Å². The molecule has 1 aliphatic heterocycles. The van der Waals surface area contributed by atoms with Crippen LogP contribution in [0.2, 0.25) is 0 Å². The van der Waals surface area contributed by atoms with Crippen LogP contribution in [0.5, 0.6) is 0 Å². The average Bonchev–Trinajstić information content (AvgIpc) is 2.44. The number of rotatable bonds is 9. The molecule has 1 atom stereocenters. The van der Waals surface area contributed by atoms with E-state index in [2.05, 4.69) is 10.6 Å². The number of carbonyl (C=O) groups excluding carboxylic acids is 2. The number of hydrogen-bond donors (Lipinski definition) is 4. The predicted molar refractivity (Wildman–Crippen MR) is 74.5 cm³/mol. The van der Waals surface area contributed by atoms with Crippen LogP contribution >= 0.6 is 0 Å². The topological polar surface area (TPSA) is 131 Å². The second-order valence-electron chi connectivity index (χ2n) is 5.03. The van der Waals surface area contributed by atoms with Crippen molar-refractivity contribution in [3.8, 4) is 0 Å². The first kappa shape index (κ1) is 17.4. The molecule has 8 nitrogen and oxygen atoms in total. The molecule has 120 valence electrons. The van der Waals surface area contributed by atoms with Gasteiger partial charge in [-0.15, -0.1) is 0 Å². The number of primary amides is 1. The van der Waals surface area contributed by atoms with Gasteiger partial charge < -0.3 is 26.2 Å². The van der Waals surface area contributed by atoms with E-state index in [9.17, 15) is 14.4 Å². The maximum Gasteiger partial charge on any atom is 0.326 e. The van der Waals surface area contributed by atoms with Gasteiger partial charge in [-0.25, -0.2) is 4.79 Å². The van der Waals surface area contributed by atoms with Gasteiger partial charge in [0.05, 0.1) is 12.7 Å². The molecule has 0 radical (unpaired) electrons. The van der Waals surface area contributed by atoms with Gasteiger partial charge in [0.1, 0.15) is 6.04 Å². The highest BCUT2D eigenvalue weighted by Gasteiger charge is 2.20. The second-order valence-corrected chi connectivity index (χ2v) is 5.03. The monoisotopic (exact) mass is 301 g/mol. The molecule has 0 bridgehead atoms. The molecule has 0 aromatic carbocycles. The molecule has 0 aromatic heterocycles. The summed E-state index contributed by atoms with van der Waals surface area (Å²) in [5.41, 5.74) is 4.96. The molecule has 1 rings (SSSR count). The molecular formula is C13H23N3O5. The summed E-state index contributed by atoms with van der Waals surface area (Å²) in [5, 5.41) is 14.5. The third-order valence-corrected chi connectivity index (χ3v) is 3.28. The number of carboxylic acid groups (broad SMARTS) is 1. The first-order chi connectivity index (χ1) is 9.99. The third-order valence-electron chi connectivity index (χ3n) is 3.28. The Hall–Kier alpha value is -1.67. The zero-order valence-corrected chi connectivity index (χ0v) is 12.0. The minimum atomic E-state index is -1.18. The minimum absolute atomic E-state index is 0.00837. The van der Waals surface area contributed by atoms with E-state index in [0.717, 1.165) is 25.9 Å². The molecule has 8 heteroatoms. The van der Waals surface area contributed by atoms with Gasteiger partial charge in [-0.2, -0.15) is 0 Å². The van der Waals surface area contributed by atoms with Crippen LogP contribution in [0.15, 0.2) is 0 Å². The quantitative estimate of drug-likeness (QED) is 0.431. The normalized spacial score (nSPS) is 17.1. The molecule has 1 fully saturated rings. The van der Waals surface area contributed by atoms with Crippen molar-refractivity contribution in [3.63, 3.8) is 0 Å². The van der Waals surface area contributed by atoms with E-state index in [4.69, 9.17) is 15.6 Å². The molecule has 0 aliphatic carbocycles. The Kier molecular flexibility index (Phi) is 7.70. The molecule has 1 heterocycles. The number of aliphatic carboxylic acids is 1. The number of carbonyl (C=O) groups is 3. The lowest BCUT2D eigenvalue weighted by Crippen LogP contribution is -2.42. The number of carboxylic acids is 1. The maximum absolute atomic E-state index is 11.7. The highest BCUT2D eigenvalue weighted by molar-refractivity contribution is 5.84. The molecule has 0 spiro atoms. The zero-order chi connectivity index (χ0) is 15.7. The molecule has 0 unspecified atom stereocenters. The van der Waals surface area contributed by atoms with Crippen LogP contribution < -0.4 is 16.4 Å². The maximum atomic E-state index is 11.7. The van der Waals surface area contributed by atoms with Gasteiger partial charge in [-0.1, -0.05) is 0 Å². The van der Waals surface area contributed by atoms with Gasteiger partial charge in [0.15, 0.2) is 0 Å². The fourth-order valence-corrected chi connectivity index (χ4v) is 2.09. The molecular weight excluding hydrogens is 278 g/mol. The van der Waals surface area contributed by atoms with Gasteiger partial charge >= 0.3 is 5.97 Å². The van der Waals surface area contributed by atoms with Gasteiger partial charge in [-0.3, -0.25) is 9.59 Å². The summed E-state index contributed by atoms with van der Waals surface area (Å²) in [6, 6.07) is -1.09. The Morgan fingerprint density at radius 3 is 2.52 bits per heavy atom. The lowest BCUT2D eigenvalue weighted by Gasteiger charge is -2.23. The number of nitrogens with one attached hydrogen (secondary N) is 2. The minimum Gasteiger partial charge on any atom is -0.480 e. The van der Waals surface area contributed by atoms with Crippen LogP contribution in [0.4, 0.5) is 0 Å². The standard InChI is InChI=1S/C13H23N3O5/c14-11(17)2-1-10(13(19)20)16-12(18)5-8-21-9-3-6-15-7-4-9/h9-10,15H,1-8H2,(H2,14,17)(H,16,18)(H,19,20)/t10-/m0/s1. The van der Waals surface area contributed by atoms with Crippen molar-refractivity contribution in [2.24, 2.45) is 5.73 Å². The van der Waals surface area contributed by atoms with E-state index in [1.165, 1.54) is 0 Å². The summed E-state index contributed by atoms with van der Waals surface area (Å²) < 4.78 is 5.57. The van der Waals surface area contributed by atoms with Gasteiger partial charge in [-0.05, 0) is 32.4 Å². The van der Waals surface area contributed by atoms with E-state index in [0.29, 0.717) is 0 Å². The number of amides is 2. The number of nitrogens with two attached hydrogens (primary N) is 1. The summed E-state index contributed by atoms with van der Waals surface area (Å²) in [6.07, 6.45) is 2.00. The second kappa shape index (κ2) is 9.30. The molecule has 0 saturated carbocycles. The van der Waals surface area contributed by atoms with E-state index >= 15 is 0 Å². The first-order valence-electron chi connectivity index (χ1n) is 7.12. The molecule has 2 amide bonds. The Morgan fingerprint density at radius 1 is 1.29 bits per heavy atom. The van der Waals surface area contributed by atoms with Crippen molar-refractivity contribution in [2.45, 2.75) is 44.2 Å². The third kappa shape index (κ3) is 7.62. The fourth-order valence-electron chi connectivity index (χ4n) is 2.09. The Balaban J connectivity index is 2.22. The van der Waals surface area contributed by atoms with Gasteiger partial charge in [0.2, 0.25) is 11.8 Å². The number of ether oxygens (including phenoxy) is 1. The largest absolute Gasteiger partial charge is 0.480 e. The van der Waals surface area contributed by atoms with E-state index in [1.54, 1.807) is 0 Å². The highest BCUT2D eigenvalue weighted by Crippen LogP contribution is 2.07. The van der Waals surface area contributed by atoms with E-state index in [-0.39, 0.29) is 32.0 Å². The van der Waals surface area contributed by atoms with E-state index in [1.807, 2.05) is 0 Å². The molecule has 1 saturated heterocycles. The van der Waals surface area contributed by atoms with Crippen LogP contribution in [0.1, 0.15) is 32.1 Å². The lowest BCUT2D eigenvalue weighted by molar-refractivity contribution is -0.142. The number of piperidine rings is 1. The Bertz CT molecular complexity index is 369. The molecule has 1 aliphatic rings. The summed E-state index contributed by atoms with van der Waals surface area (Å²) in [5.74, 6) is -2.17. The zero-order valence-electron chi connectivity index (χ0n) is 12.0. The first-order valence-corrected chi connectivity index (χ1v) is 7.12. The SMILES string of the molecule is NC(=O)CC[C@H](NC(=O)CCOC1CCNCC1)C(=O)O. The molecule has 0 aromatic rings. The van der Waals surface area contributed by atoms with Crippen LogP contribution in [0.25, 0.3) is 0 Å². The van der Waals surface area contributed by atoms with Crippen LogP contribution in [0, 0.1) is 0 Å². The van der Waals surface area contributed by atoms with Crippen LogP contribution in [-0.2, 0) is 19.1 Å². The summed E-state index contributed by atoms with van der Waals surface area (Å²) in [7, 11) is 0. The van der Waals surface area contributed by atoms with Crippen LogP contribution in [0.3, 0.4) is 0 Å².